The summed E-state index contributed by atoms with van der Waals surface area (Å²) in [4.78, 5) is 20.8. The summed E-state index contributed by atoms with van der Waals surface area (Å²) in [6.45, 7) is 7.43. The number of nitrogens with zero attached hydrogens (tertiary/aromatic N) is 3. The van der Waals surface area contributed by atoms with E-state index in [1.54, 1.807) is 18.5 Å². The van der Waals surface area contributed by atoms with Crippen molar-refractivity contribution in [3.63, 3.8) is 0 Å². The van der Waals surface area contributed by atoms with Crippen molar-refractivity contribution in [3.05, 3.63) is 29.6 Å². The molecule has 0 aromatic carbocycles. The minimum Gasteiger partial charge on any atom is -0.384 e. The summed E-state index contributed by atoms with van der Waals surface area (Å²) in [7, 11) is 0. The van der Waals surface area contributed by atoms with E-state index in [0.29, 0.717) is 17.2 Å². The molecule has 2 heterocycles. The van der Waals surface area contributed by atoms with Crippen LogP contribution in [0.15, 0.2) is 18.5 Å². The Morgan fingerprint density at radius 1 is 1.33 bits per heavy atom. The first-order valence-electron chi connectivity index (χ1n) is 7.20. The average molecular weight is 287 g/mol. The zero-order valence-corrected chi connectivity index (χ0v) is 12.5. The Bertz CT molecular complexity index is 552. The highest BCUT2D eigenvalue weighted by atomic mass is 16.2. The van der Waals surface area contributed by atoms with Crippen LogP contribution in [0.4, 0.5) is 0 Å². The third kappa shape index (κ3) is 4.03. The lowest BCUT2D eigenvalue weighted by Gasteiger charge is -2.36. The third-order valence-electron chi connectivity index (χ3n) is 3.63. The van der Waals surface area contributed by atoms with Gasteiger partial charge in [-0.15, -0.1) is 0 Å². The molecule has 0 atom stereocenters. The lowest BCUT2D eigenvalue weighted by atomic mass is 10.1. The number of amides is 1. The largest absolute Gasteiger partial charge is 0.384 e. The van der Waals surface area contributed by atoms with Crippen LogP contribution in [-0.4, -0.2) is 64.6 Å². The molecular formula is C16H21N3O2. The minimum absolute atomic E-state index is 0.00134. The van der Waals surface area contributed by atoms with Gasteiger partial charge in [0, 0.05) is 50.2 Å². The number of piperazine rings is 1. The van der Waals surface area contributed by atoms with Crippen LogP contribution < -0.4 is 0 Å². The molecule has 2 rings (SSSR count). The summed E-state index contributed by atoms with van der Waals surface area (Å²) in [6.07, 6.45) is 3.16. The molecule has 0 radical (unpaired) electrons. The number of pyridine rings is 1. The maximum absolute atomic E-state index is 12.5. The molecule has 1 aromatic heterocycles. The molecule has 21 heavy (non-hydrogen) atoms. The highest BCUT2D eigenvalue weighted by molar-refractivity contribution is 5.94. The number of aliphatic hydroxyl groups excluding tert-OH is 1. The van der Waals surface area contributed by atoms with Gasteiger partial charge in [-0.05, 0) is 19.9 Å². The second-order valence-corrected chi connectivity index (χ2v) is 5.34. The Balaban J connectivity index is 2.04. The van der Waals surface area contributed by atoms with Crippen molar-refractivity contribution in [1.82, 2.24) is 14.8 Å². The third-order valence-corrected chi connectivity index (χ3v) is 3.63. The number of hydrogen-bond donors (Lipinski definition) is 1. The van der Waals surface area contributed by atoms with Crippen molar-refractivity contribution in [3.8, 4) is 11.8 Å². The molecule has 0 bridgehead atoms. The molecule has 1 saturated heterocycles. The van der Waals surface area contributed by atoms with Crippen LogP contribution >= 0.6 is 0 Å². The molecule has 0 spiro atoms. The SMILES string of the molecule is CC(C)N1CCN(C(=O)c2cncc(C#CCO)c2)CC1. The van der Waals surface area contributed by atoms with E-state index in [1.807, 2.05) is 4.90 Å². The number of rotatable bonds is 2. The van der Waals surface area contributed by atoms with Crippen LogP contribution in [0, 0.1) is 11.8 Å². The number of aliphatic hydroxyl groups is 1. The normalized spacial score (nSPS) is 15.7. The summed E-state index contributed by atoms with van der Waals surface area (Å²) in [5, 5.41) is 8.71. The summed E-state index contributed by atoms with van der Waals surface area (Å²) in [5.74, 6) is 5.33. The first kappa shape index (κ1) is 15.5. The van der Waals surface area contributed by atoms with Crippen LogP contribution in [0.1, 0.15) is 29.8 Å². The number of carbonyl (C=O) groups is 1. The maximum Gasteiger partial charge on any atom is 0.255 e. The standard InChI is InChI=1S/C16H21N3O2/c1-13(2)18-5-7-19(8-6-18)16(21)15-10-14(4-3-9-20)11-17-12-15/h10-13,20H,5-9H2,1-2H3. The topological polar surface area (TPSA) is 56.7 Å². The molecule has 112 valence electrons. The number of aromatic nitrogens is 1. The molecule has 1 aliphatic heterocycles. The lowest BCUT2D eigenvalue weighted by Crippen LogP contribution is -2.50. The van der Waals surface area contributed by atoms with Crippen molar-refractivity contribution in [2.75, 3.05) is 32.8 Å². The quantitative estimate of drug-likeness (QED) is 0.809. The molecule has 1 amide bonds. The van der Waals surface area contributed by atoms with Gasteiger partial charge < -0.3 is 10.0 Å². The molecule has 0 aliphatic carbocycles. The summed E-state index contributed by atoms with van der Waals surface area (Å²) >= 11 is 0. The van der Waals surface area contributed by atoms with Gasteiger partial charge in [-0.1, -0.05) is 11.8 Å². The fourth-order valence-corrected chi connectivity index (χ4v) is 2.39. The summed E-state index contributed by atoms with van der Waals surface area (Å²) in [5.41, 5.74) is 1.20. The predicted molar refractivity (Wildman–Crippen MR) is 80.8 cm³/mol. The summed E-state index contributed by atoms with van der Waals surface area (Å²) in [6, 6.07) is 2.24. The number of hydrogen-bond acceptors (Lipinski definition) is 4. The van der Waals surface area contributed by atoms with Gasteiger partial charge in [-0.25, -0.2) is 0 Å². The highest BCUT2D eigenvalue weighted by Crippen LogP contribution is 2.11. The van der Waals surface area contributed by atoms with Crippen molar-refractivity contribution in [2.45, 2.75) is 19.9 Å². The van der Waals surface area contributed by atoms with Crippen molar-refractivity contribution in [2.24, 2.45) is 0 Å². The lowest BCUT2D eigenvalue weighted by molar-refractivity contribution is 0.0595. The van der Waals surface area contributed by atoms with E-state index in [9.17, 15) is 4.79 Å². The van der Waals surface area contributed by atoms with Gasteiger partial charge >= 0.3 is 0 Å². The van der Waals surface area contributed by atoms with E-state index in [2.05, 4.69) is 35.6 Å². The second kappa shape index (κ2) is 7.21. The van der Waals surface area contributed by atoms with Gasteiger partial charge in [-0.2, -0.15) is 0 Å². The van der Waals surface area contributed by atoms with E-state index >= 15 is 0 Å². The fourth-order valence-electron chi connectivity index (χ4n) is 2.39. The van der Waals surface area contributed by atoms with E-state index in [-0.39, 0.29) is 12.5 Å². The summed E-state index contributed by atoms with van der Waals surface area (Å²) < 4.78 is 0. The van der Waals surface area contributed by atoms with Crippen molar-refractivity contribution >= 4 is 5.91 Å². The van der Waals surface area contributed by atoms with E-state index in [4.69, 9.17) is 5.11 Å². The van der Waals surface area contributed by atoms with Crippen molar-refractivity contribution in [1.29, 1.82) is 0 Å². The molecule has 5 heteroatoms. The van der Waals surface area contributed by atoms with Crippen LogP contribution in [0.3, 0.4) is 0 Å². The Labute approximate surface area is 125 Å². The molecular weight excluding hydrogens is 266 g/mol. The van der Waals surface area contributed by atoms with Gasteiger partial charge in [0.2, 0.25) is 0 Å². The Morgan fingerprint density at radius 2 is 2.05 bits per heavy atom. The first-order chi connectivity index (χ1) is 10.1. The Kier molecular flexibility index (Phi) is 5.32. The maximum atomic E-state index is 12.5. The van der Waals surface area contributed by atoms with Crippen molar-refractivity contribution < 1.29 is 9.90 Å². The first-order valence-corrected chi connectivity index (χ1v) is 7.20. The molecule has 1 fully saturated rings. The van der Waals surface area contributed by atoms with Gasteiger partial charge in [-0.3, -0.25) is 14.7 Å². The van der Waals surface area contributed by atoms with Crippen LogP contribution in [-0.2, 0) is 0 Å². The van der Waals surface area contributed by atoms with E-state index in [0.717, 1.165) is 26.2 Å². The monoisotopic (exact) mass is 287 g/mol. The van der Waals surface area contributed by atoms with Gasteiger partial charge in [0.05, 0.1) is 5.56 Å². The van der Waals surface area contributed by atoms with Gasteiger partial charge in [0.25, 0.3) is 5.91 Å². The Morgan fingerprint density at radius 3 is 2.67 bits per heavy atom. The van der Waals surface area contributed by atoms with Crippen LogP contribution in [0.5, 0.6) is 0 Å². The smallest absolute Gasteiger partial charge is 0.255 e. The number of carbonyl (C=O) groups excluding carboxylic acids is 1. The van der Waals surface area contributed by atoms with E-state index in [1.165, 1.54) is 0 Å². The Hall–Kier alpha value is -1.90. The van der Waals surface area contributed by atoms with Gasteiger partial charge in [0.1, 0.15) is 6.61 Å². The molecule has 0 unspecified atom stereocenters. The zero-order chi connectivity index (χ0) is 15.2. The highest BCUT2D eigenvalue weighted by Gasteiger charge is 2.23. The minimum atomic E-state index is -0.199. The van der Waals surface area contributed by atoms with Gasteiger partial charge in [0.15, 0.2) is 0 Å². The molecule has 1 aromatic rings. The fraction of sp³-hybridized carbons (Fsp3) is 0.500. The van der Waals surface area contributed by atoms with Crippen LogP contribution in [0.2, 0.25) is 0 Å². The second-order valence-electron chi connectivity index (χ2n) is 5.34. The predicted octanol–water partition coefficient (Wildman–Crippen LogP) is 0.592. The van der Waals surface area contributed by atoms with Crippen LogP contribution in [0.25, 0.3) is 0 Å². The average Bonchev–Trinajstić information content (AvgIpc) is 2.52. The zero-order valence-electron chi connectivity index (χ0n) is 12.5. The molecule has 5 nitrogen and oxygen atoms in total. The van der Waals surface area contributed by atoms with E-state index < -0.39 is 0 Å². The molecule has 1 aliphatic rings. The molecule has 0 saturated carbocycles. The molecule has 1 N–H and O–H groups in total.